The average molecular weight is 237 g/mol. The quantitative estimate of drug-likeness (QED) is 0.839. The molecule has 0 fully saturated rings. The second-order valence-corrected chi connectivity index (χ2v) is 3.59. The van der Waals surface area contributed by atoms with Crippen molar-refractivity contribution in [1.29, 1.82) is 0 Å². The number of halogens is 1. The predicted molar refractivity (Wildman–Crippen MR) is 61.3 cm³/mol. The summed E-state index contributed by atoms with van der Waals surface area (Å²) in [4.78, 5) is 0. The maximum atomic E-state index is 9.49. The van der Waals surface area contributed by atoms with E-state index in [2.05, 4.69) is 0 Å². The average Bonchev–Trinajstić information content (AvgIpc) is 2.27. The van der Waals surface area contributed by atoms with Gasteiger partial charge >= 0.3 is 0 Å². The molecule has 16 heavy (non-hydrogen) atoms. The van der Waals surface area contributed by atoms with Crippen LogP contribution in [0.3, 0.4) is 0 Å². The number of rotatable bonds is 2. The van der Waals surface area contributed by atoms with Crippen LogP contribution in [-0.2, 0) is 0 Å². The van der Waals surface area contributed by atoms with Crippen LogP contribution in [0.5, 0.6) is 23.0 Å². The number of aromatic hydroxyl groups is 2. The number of hydrogen-bond acceptors (Lipinski definition) is 3. The highest BCUT2D eigenvalue weighted by molar-refractivity contribution is 6.32. The molecule has 0 aliphatic carbocycles. The zero-order valence-electron chi connectivity index (χ0n) is 8.22. The molecular formula is C12H9ClO3. The van der Waals surface area contributed by atoms with Crippen LogP contribution in [0.2, 0.25) is 5.02 Å². The number of para-hydroxylation sites is 2. The fraction of sp³-hybridized carbons (Fsp3) is 0. The first-order valence-electron chi connectivity index (χ1n) is 4.61. The Labute approximate surface area is 97.5 Å². The zero-order valence-corrected chi connectivity index (χ0v) is 8.98. The molecule has 0 amide bonds. The molecule has 0 aliphatic rings. The summed E-state index contributed by atoms with van der Waals surface area (Å²) in [6.45, 7) is 0. The van der Waals surface area contributed by atoms with Crippen LogP contribution in [0.1, 0.15) is 0 Å². The van der Waals surface area contributed by atoms with Crippen LogP contribution >= 0.6 is 11.6 Å². The lowest BCUT2D eigenvalue weighted by atomic mass is 10.3. The summed E-state index contributed by atoms with van der Waals surface area (Å²) < 4.78 is 5.40. The van der Waals surface area contributed by atoms with E-state index in [1.54, 1.807) is 24.3 Å². The van der Waals surface area contributed by atoms with Gasteiger partial charge in [-0.1, -0.05) is 23.7 Å². The van der Waals surface area contributed by atoms with E-state index in [9.17, 15) is 10.2 Å². The first-order chi connectivity index (χ1) is 7.66. The van der Waals surface area contributed by atoms with Gasteiger partial charge in [0.2, 0.25) is 0 Å². The van der Waals surface area contributed by atoms with E-state index in [-0.39, 0.29) is 16.5 Å². The van der Waals surface area contributed by atoms with E-state index in [4.69, 9.17) is 16.3 Å². The second-order valence-electron chi connectivity index (χ2n) is 3.18. The number of benzene rings is 2. The first-order valence-corrected chi connectivity index (χ1v) is 4.99. The SMILES string of the molecule is Oc1ccc(Oc2ccccc2O)cc1Cl. The Morgan fingerprint density at radius 2 is 1.69 bits per heavy atom. The molecule has 0 saturated carbocycles. The molecule has 4 heteroatoms. The number of phenols is 2. The molecule has 2 aromatic carbocycles. The number of hydrogen-bond donors (Lipinski definition) is 2. The minimum atomic E-state index is -0.00806. The molecule has 82 valence electrons. The molecular weight excluding hydrogens is 228 g/mol. The summed E-state index contributed by atoms with van der Waals surface area (Å²) in [6, 6.07) is 11.1. The highest BCUT2D eigenvalue weighted by Crippen LogP contribution is 2.33. The molecule has 2 aromatic rings. The smallest absolute Gasteiger partial charge is 0.169 e. The third-order valence-electron chi connectivity index (χ3n) is 2.01. The van der Waals surface area contributed by atoms with Gasteiger partial charge in [-0.15, -0.1) is 0 Å². The second kappa shape index (κ2) is 4.33. The fourth-order valence-corrected chi connectivity index (χ4v) is 1.39. The zero-order chi connectivity index (χ0) is 11.5. The molecule has 0 heterocycles. The maximum absolute atomic E-state index is 9.49. The molecule has 3 nitrogen and oxygen atoms in total. The summed E-state index contributed by atoms with van der Waals surface area (Å²) in [6.07, 6.45) is 0. The summed E-state index contributed by atoms with van der Waals surface area (Å²) in [5, 5.41) is 18.9. The molecule has 0 bridgehead atoms. The van der Waals surface area contributed by atoms with Gasteiger partial charge in [-0.3, -0.25) is 0 Å². The van der Waals surface area contributed by atoms with Gasteiger partial charge in [0.25, 0.3) is 0 Å². The van der Waals surface area contributed by atoms with Crippen molar-refractivity contribution in [3.8, 4) is 23.0 Å². The van der Waals surface area contributed by atoms with Crippen molar-refractivity contribution in [3.63, 3.8) is 0 Å². The van der Waals surface area contributed by atoms with E-state index in [0.717, 1.165) is 0 Å². The van der Waals surface area contributed by atoms with Crippen molar-refractivity contribution >= 4 is 11.6 Å². The third-order valence-corrected chi connectivity index (χ3v) is 2.31. The van der Waals surface area contributed by atoms with Crippen molar-refractivity contribution in [3.05, 3.63) is 47.5 Å². The molecule has 0 unspecified atom stereocenters. The Balaban J connectivity index is 2.28. The predicted octanol–water partition coefficient (Wildman–Crippen LogP) is 3.54. The lowest BCUT2D eigenvalue weighted by molar-refractivity contribution is 0.410. The van der Waals surface area contributed by atoms with Crippen molar-refractivity contribution in [2.24, 2.45) is 0 Å². The van der Waals surface area contributed by atoms with E-state index in [0.29, 0.717) is 11.5 Å². The van der Waals surface area contributed by atoms with Crippen LogP contribution in [0, 0.1) is 0 Å². The van der Waals surface area contributed by atoms with Gasteiger partial charge in [0.15, 0.2) is 11.5 Å². The van der Waals surface area contributed by atoms with Gasteiger partial charge in [0.1, 0.15) is 11.5 Å². The lowest BCUT2D eigenvalue weighted by Crippen LogP contribution is -1.84. The Hall–Kier alpha value is -1.87. The van der Waals surface area contributed by atoms with E-state index < -0.39 is 0 Å². The molecule has 2 N–H and O–H groups in total. The van der Waals surface area contributed by atoms with Crippen LogP contribution < -0.4 is 4.74 Å². The molecule has 0 saturated heterocycles. The number of ether oxygens (including phenoxy) is 1. The summed E-state index contributed by atoms with van der Waals surface area (Å²) in [5.74, 6) is 0.826. The van der Waals surface area contributed by atoms with Crippen molar-refractivity contribution in [1.82, 2.24) is 0 Å². The van der Waals surface area contributed by atoms with Crippen LogP contribution in [0.25, 0.3) is 0 Å². The van der Waals surface area contributed by atoms with Gasteiger partial charge in [0, 0.05) is 6.07 Å². The Bertz CT molecular complexity index is 511. The molecule has 0 radical (unpaired) electrons. The standard InChI is InChI=1S/C12H9ClO3/c13-9-7-8(5-6-10(9)14)16-12-4-2-1-3-11(12)15/h1-7,14-15H. The monoisotopic (exact) mass is 236 g/mol. The Morgan fingerprint density at radius 3 is 2.38 bits per heavy atom. The van der Waals surface area contributed by atoms with Crippen molar-refractivity contribution < 1.29 is 14.9 Å². The van der Waals surface area contributed by atoms with E-state index >= 15 is 0 Å². The summed E-state index contributed by atoms with van der Waals surface area (Å²) >= 11 is 5.73. The fourth-order valence-electron chi connectivity index (χ4n) is 1.22. The Kier molecular flexibility index (Phi) is 2.88. The molecule has 0 aromatic heterocycles. The van der Waals surface area contributed by atoms with Crippen LogP contribution in [-0.4, -0.2) is 10.2 Å². The van der Waals surface area contributed by atoms with Gasteiger partial charge in [-0.25, -0.2) is 0 Å². The van der Waals surface area contributed by atoms with Gasteiger partial charge in [-0.2, -0.15) is 0 Å². The van der Waals surface area contributed by atoms with Gasteiger partial charge in [-0.05, 0) is 24.3 Å². The summed E-state index contributed by atoms with van der Waals surface area (Å²) in [7, 11) is 0. The number of phenolic OH excluding ortho intramolecular Hbond substituents is 2. The third kappa shape index (κ3) is 2.20. The molecule has 0 atom stereocenters. The molecule has 0 aliphatic heterocycles. The Morgan fingerprint density at radius 1 is 0.938 bits per heavy atom. The first kappa shape index (κ1) is 10.6. The minimum Gasteiger partial charge on any atom is -0.506 e. The van der Waals surface area contributed by atoms with Crippen LogP contribution in [0.15, 0.2) is 42.5 Å². The van der Waals surface area contributed by atoms with Crippen LogP contribution in [0.4, 0.5) is 0 Å². The highest BCUT2D eigenvalue weighted by atomic mass is 35.5. The largest absolute Gasteiger partial charge is 0.506 e. The van der Waals surface area contributed by atoms with Gasteiger partial charge in [0.05, 0.1) is 5.02 Å². The molecule has 2 rings (SSSR count). The van der Waals surface area contributed by atoms with Crippen molar-refractivity contribution in [2.45, 2.75) is 0 Å². The normalized spacial score (nSPS) is 10.1. The molecule has 0 spiro atoms. The van der Waals surface area contributed by atoms with Gasteiger partial charge < -0.3 is 14.9 Å². The van der Waals surface area contributed by atoms with Crippen molar-refractivity contribution in [2.75, 3.05) is 0 Å². The van der Waals surface area contributed by atoms with E-state index in [1.807, 2.05) is 0 Å². The maximum Gasteiger partial charge on any atom is 0.169 e. The lowest BCUT2D eigenvalue weighted by Gasteiger charge is -2.07. The summed E-state index contributed by atoms with van der Waals surface area (Å²) in [5.41, 5.74) is 0. The van der Waals surface area contributed by atoms with E-state index in [1.165, 1.54) is 18.2 Å². The topological polar surface area (TPSA) is 49.7 Å². The highest BCUT2D eigenvalue weighted by Gasteiger charge is 2.04. The minimum absolute atomic E-state index is 0.00806.